The highest BCUT2D eigenvalue weighted by Gasteiger charge is 2.34. The number of hydrogen-bond acceptors (Lipinski definition) is 3. The van der Waals surface area contributed by atoms with Crippen LogP contribution in [0.5, 0.6) is 0 Å². The van der Waals surface area contributed by atoms with Gasteiger partial charge < -0.3 is 15.5 Å². The Labute approximate surface area is 96.0 Å². The molecular weight excluding hydrogens is 206 g/mol. The molecule has 2 rings (SSSR count). The van der Waals surface area contributed by atoms with E-state index in [2.05, 4.69) is 5.32 Å². The Balaban J connectivity index is 1.78. The molecule has 0 amide bonds. The van der Waals surface area contributed by atoms with E-state index in [1.165, 1.54) is 0 Å². The number of rotatable bonds is 4. The maximum absolute atomic E-state index is 11.0. The van der Waals surface area contributed by atoms with Crippen LogP contribution in [0.4, 0.5) is 0 Å². The average molecular weight is 227 g/mol. The largest absolute Gasteiger partial charge is 0.481 e. The van der Waals surface area contributed by atoms with Gasteiger partial charge in [0.25, 0.3) is 0 Å². The van der Waals surface area contributed by atoms with Crippen molar-refractivity contribution < 1.29 is 15.0 Å². The van der Waals surface area contributed by atoms with Gasteiger partial charge in [0.15, 0.2) is 0 Å². The molecule has 2 aliphatic rings. The van der Waals surface area contributed by atoms with Gasteiger partial charge in [-0.15, -0.1) is 0 Å². The van der Waals surface area contributed by atoms with E-state index < -0.39 is 5.97 Å². The SMILES string of the molecule is O=C(O)C1CCCC1CNC1CCCC1O. The quantitative estimate of drug-likeness (QED) is 0.670. The maximum Gasteiger partial charge on any atom is 0.306 e. The Kier molecular flexibility index (Phi) is 3.82. The van der Waals surface area contributed by atoms with Crippen molar-refractivity contribution in [2.45, 2.75) is 50.7 Å². The number of aliphatic hydroxyl groups is 1. The van der Waals surface area contributed by atoms with Crippen LogP contribution in [0.3, 0.4) is 0 Å². The van der Waals surface area contributed by atoms with Crippen LogP contribution in [-0.2, 0) is 4.79 Å². The summed E-state index contributed by atoms with van der Waals surface area (Å²) in [6.45, 7) is 0.749. The third-order valence-electron chi connectivity index (χ3n) is 4.10. The number of nitrogens with one attached hydrogen (secondary N) is 1. The van der Waals surface area contributed by atoms with Gasteiger partial charge in [-0.05, 0) is 44.6 Å². The predicted molar refractivity (Wildman–Crippen MR) is 60.1 cm³/mol. The third-order valence-corrected chi connectivity index (χ3v) is 4.10. The summed E-state index contributed by atoms with van der Waals surface area (Å²) in [7, 11) is 0. The first-order valence-corrected chi connectivity index (χ1v) is 6.32. The van der Waals surface area contributed by atoms with Crippen molar-refractivity contribution in [3.8, 4) is 0 Å². The molecule has 0 aromatic rings. The van der Waals surface area contributed by atoms with E-state index in [4.69, 9.17) is 5.11 Å². The van der Waals surface area contributed by atoms with Crippen LogP contribution in [0.25, 0.3) is 0 Å². The zero-order chi connectivity index (χ0) is 11.5. The van der Waals surface area contributed by atoms with Gasteiger partial charge in [-0.25, -0.2) is 0 Å². The minimum atomic E-state index is -0.656. The first kappa shape index (κ1) is 11.9. The van der Waals surface area contributed by atoms with E-state index in [1.54, 1.807) is 0 Å². The first-order chi connectivity index (χ1) is 7.68. The molecule has 92 valence electrons. The molecule has 4 atom stereocenters. The van der Waals surface area contributed by atoms with Crippen molar-refractivity contribution in [2.24, 2.45) is 11.8 Å². The Hall–Kier alpha value is -0.610. The van der Waals surface area contributed by atoms with Gasteiger partial charge in [-0.1, -0.05) is 6.42 Å². The lowest BCUT2D eigenvalue weighted by Crippen LogP contribution is -2.40. The molecule has 4 unspecified atom stereocenters. The van der Waals surface area contributed by atoms with Crippen molar-refractivity contribution >= 4 is 5.97 Å². The molecular formula is C12H21NO3. The van der Waals surface area contributed by atoms with Crippen LogP contribution >= 0.6 is 0 Å². The monoisotopic (exact) mass is 227 g/mol. The summed E-state index contributed by atoms with van der Waals surface area (Å²) < 4.78 is 0. The van der Waals surface area contributed by atoms with E-state index in [0.29, 0.717) is 0 Å². The highest BCUT2D eigenvalue weighted by Crippen LogP contribution is 2.31. The molecule has 4 heteroatoms. The molecule has 0 aromatic heterocycles. The van der Waals surface area contributed by atoms with Crippen molar-refractivity contribution in [1.29, 1.82) is 0 Å². The second kappa shape index (κ2) is 5.15. The van der Waals surface area contributed by atoms with E-state index in [0.717, 1.165) is 45.1 Å². The molecule has 0 aromatic carbocycles. The normalized spacial score (nSPS) is 39.1. The molecule has 16 heavy (non-hydrogen) atoms. The standard InChI is InChI=1S/C12H21NO3/c14-11-6-2-5-10(11)13-7-8-3-1-4-9(8)12(15)16/h8-11,13-14H,1-7H2,(H,15,16). The zero-order valence-corrected chi connectivity index (χ0v) is 9.56. The fraction of sp³-hybridized carbons (Fsp3) is 0.917. The molecule has 4 nitrogen and oxygen atoms in total. The van der Waals surface area contributed by atoms with Crippen LogP contribution in [0.15, 0.2) is 0 Å². The minimum absolute atomic E-state index is 0.175. The molecule has 2 saturated carbocycles. The zero-order valence-electron chi connectivity index (χ0n) is 9.56. The minimum Gasteiger partial charge on any atom is -0.481 e. The van der Waals surface area contributed by atoms with Gasteiger partial charge >= 0.3 is 5.97 Å². The van der Waals surface area contributed by atoms with Crippen LogP contribution in [-0.4, -0.2) is 34.9 Å². The summed E-state index contributed by atoms with van der Waals surface area (Å²) >= 11 is 0. The van der Waals surface area contributed by atoms with Crippen LogP contribution in [0, 0.1) is 11.8 Å². The maximum atomic E-state index is 11.0. The van der Waals surface area contributed by atoms with Gasteiger partial charge in [0.1, 0.15) is 0 Å². The second-order valence-electron chi connectivity index (χ2n) is 5.15. The Bertz CT molecular complexity index is 257. The number of aliphatic carboxylic acids is 1. The summed E-state index contributed by atoms with van der Waals surface area (Å²) in [6.07, 6.45) is 5.59. The molecule has 2 aliphatic carbocycles. The van der Waals surface area contributed by atoms with Crippen molar-refractivity contribution in [1.82, 2.24) is 5.32 Å². The Morgan fingerprint density at radius 1 is 1.19 bits per heavy atom. The smallest absolute Gasteiger partial charge is 0.306 e. The molecule has 3 N–H and O–H groups in total. The molecule has 2 fully saturated rings. The van der Waals surface area contributed by atoms with Crippen LogP contribution < -0.4 is 5.32 Å². The number of aliphatic hydroxyl groups excluding tert-OH is 1. The van der Waals surface area contributed by atoms with E-state index in [-0.39, 0.29) is 24.0 Å². The molecule has 0 radical (unpaired) electrons. The lowest BCUT2D eigenvalue weighted by atomic mass is 9.96. The Morgan fingerprint density at radius 2 is 1.94 bits per heavy atom. The van der Waals surface area contributed by atoms with E-state index in [9.17, 15) is 9.90 Å². The predicted octanol–water partition coefficient (Wildman–Crippen LogP) is 0.990. The summed E-state index contributed by atoms with van der Waals surface area (Å²) in [6, 6.07) is 0.190. The van der Waals surface area contributed by atoms with Crippen molar-refractivity contribution in [3.63, 3.8) is 0 Å². The first-order valence-electron chi connectivity index (χ1n) is 6.32. The summed E-state index contributed by atoms with van der Waals surface area (Å²) in [4.78, 5) is 11.0. The summed E-state index contributed by atoms with van der Waals surface area (Å²) in [5.74, 6) is -0.576. The van der Waals surface area contributed by atoms with Gasteiger partial charge in [-0.3, -0.25) is 4.79 Å². The highest BCUT2D eigenvalue weighted by molar-refractivity contribution is 5.70. The van der Waals surface area contributed by atoms with E-state index in [1.807, 2.05) is 0 Å². The molecule has 0 aliphatic heterocycles. The number of carboxylic acid groups (broad SMARTS) is 1. The van der Waals surface area contributed by atoms with Crippen LogP contribution in [0.2, 0.25) is 0 Å². The fourth-order valence-corrected chi connectivity index (χ4v) is 3.09. The Morgan fingerprint density at radius 3 is 2.56 bits per heavy atom. The summed E-state index contributed by atoms with van der Waals surface area (Å²) in [5, 5.41) is 22.1. The van der Waals surface area contributed by atoms with Gasteiger partial charge in [-0.2, -0.15) is 0 Å². The lowest BCUT2D eigenvalue weighted by molar-refractivity contribution is -0.142. The second-order valence-corrected chi connectivity index (χ2v) is 5.15. The van der Waals surface area contributed by atoms with Crippen LogP contribution in [0.1, 0.15) is 38.5 Å². The van der Waals surface area contributed by atoms with Gasteiger partial charge in [0.05, 0.1) is 12.0 Å². The van der Waals surface area contributed by atoms with E-state index >= 15 is 0 Å². The lowest BCUT2D eigenvalue weighted by Gasteiger charge is -2.21. The van der Waals surface area contributed by atoms with Gasteiger partial charge in [0.2, 0.25) is 0 Å². The topological polar surface area (TPSA) is 69.6 Å². The number of carboxylic acids is 1. The highest BCUT2D eigenvalue weighted by atomic mass is 16.4. The summed E-state index contributed by atoms with van der Waals surface area (Å²) in [5.41, 5.74) is 0. The van der Waals surface area contributed by atoms with Crippen molar-refractivity contribution in [3.05, 3.63) is 0 Å². The number of carbonyl (C=O) groups is 1. The molecule has 0 spiro atoms. The third kappa shape index (κ3) is 2.55. The van der Waals surface area contributed by atoms with Gasteiger partial charge in [0, 0.05) is 6.04 Å². The molecule has 0 bridgehead atoms. The molecule has 0 saturated heterocycles. The number of hydrogen-bond donors (Lipinski definition) is 3. The molecule has 0 heterocycles. The average Bonchev–Trinajstić information content (AvgIpc) is 2.83. The van der Waals surface area contributed by atoms with Crippen molar-refractivity contribution in [2.75, 3.05) is 6.54 Å². The fourth-order valence-electron chi connectivity index (χ4n) is 3.09.